The summed E-state index contributed by atoms with van der Waals surface area (Å²) in [6.45, 7) is 0.124. The SMILES string of the molecule is O=C(O)c1ccc(CNC(=O)c2cccc(F)c2Cl)cn1. The van der Waals surface area contributed by atoms with Crippen molar-refractivity contribution in [1.29, 1.82) is 0 Å². The van der Waals surface area contributed by atoms with Crippen LogP contribution in [0.3, 0.4) is 0 Å². The molecule has 5 nitrogen and oxygen atoms in total. The molecule has 0 spiro atoms. The van der Waals surface area contributed by atoms with Crippen LogP contribution in [0.15, 0.2) is 36.5 Å². The van der Waals surface area contributed by atoms with Gasteiger partial charge in [-0.1, -0.05) is 23.7 Å². The maximum absolute atomic E-state index is 13.2. The molecule has 0 saturated carbocycles. The Bertz CT molecular complexity index is 689. The summed E-state index contributed by atoms with van der Waals surface area (Å²) < 4.78 is 13.2. The van der Waals surface area contributed by atoms with Gasteiger partial charge in [0.2, 0.25) is 0 Å². The van der Waals surface area contributed by atoms with E-state index in [-0.39, 0.29) is 22.8 Å². The van der Waals surface area contributed by atoms with Crippen LogP contribution in [-0.2, 0) is 6.54 Å². The number of carbonyl (C=O) groups is 2. The van der Waals surface area contributed by atoms with E-state index < -0.39 is 17.7 Å². The number of hydrogen-bond acceptors (Lipinski definition) is 3. The Balaban J connectivity index is 2.04. The van der Waals surface area contributed by atoms with Gasteiger partial charge in [0.1, 0.15) is 11.5 Å². The van der Waals surface area contributed by atoms with E-state index in [9.17, 15) is 14.0 Å². The predicted molar refractivity (Wildman–Crippen MR) is 73.8 cm³/mol. The molecule has 0 saturated heterocycles. The molecule has 108 valence electrons. The maximum atomic E-state index is 13.2. The van der Waals surface area contributed by atoms with E-state index in [1.807, 2.05) is 0 Å². The zero-order valence-electron chi connectivity index (χ0n) is 10.6. The highest BCUT2D eigenvalue weighted by molar-refractivity contribution is 6.34. The predicted octanol–water partition coefficient (Wildman–Crippen LogP) is 2.50. The highest BCUT2D eigenvalue weighted by Crippen LogP contribution is 2.19. The number of amides is 1. The lowest BCUT2D eigenvalue weighted by Gasteiger charge is -2.07. The van der Waals surface area contributed by atoms with E-state index in [1.54, 1.807) is 0 Å². The van der Waals surface area contributed by atoms with Gasteiger partial charge in [-0.25, -0.2) is 14.2 Å². The summed E-state index contributed by atoms with van der Waals surface area (Å²) in [5, 5.41) is 11.0. The fourth-order valence-corrected chi connectivity index (χ4v) is 1.82. The van der Waals surface area contributed by atoms with E-state index in [0.29, 0.717) is 5.56 Å². The van der Waals surface area contributed by atoms with Gasteiger partial charge in [-0.05, 0) is 23.8 Å². The van der Waals surface area contributed by atoms with Gasteiger partial charge in [-0.2, -0.15) is 0 Å². The summed E-state index contributed by atoms with van der Waals surface area (Å²) in [4.78, 5) is 26.3. The van der Waals surface area contributed by atoms with E-state index >= 15 is 0 Å². The van der Waals surface area contributed by atoms with Crippen LogP contribution < -0.4 is 5.32 Å². The molecule has 0 radical (unpaired) electrons. The van der Waals surface area contributed by atoms with Gasteiger partial charge in [-0.3, -0.25) is 4.79 Å². The van der Waals surface area contributed by atoms with Crippen molar-refractivity contribution in [3.8, 4) is 0 Å². The molecule has 7 heteroatoms. The second-order valence-corrected chi connectivity index (χ2v) is 4.52. The normalized spacial score (nSPS) is 10.2. The van der Waals surface area contributed by atoms with Crippen LogP contribution >= 0.6 is 11.6 Å². The molecule has 0 unspecified atom stereocenters. The zero-order chi connectivity index (χ0) is 15.4. The second-order valence-electron chi connectivity index (χ2n) is 4.14. The van der Waals surface area contributed by atoms with Crippen molar-refractivity contribution in [2.24, 2.45) is 0 Å². The van der Waals surface area contributed by atoms with Crippen molar-refractivity contribution in [1.82, 2.24) is 10.3 Å². The molecule has 1 aromatic heterocycles. The number of aromatic nitrogens is 1. The minimum atomic E-state index is -1.13. The zero-order valence-corrected chi connectivity index (χ0v) is 11.4. The van der Waals surface area contributed by atoms with Gasteiger partial charge in [-0.15, -0.1) is 0 Å². The van der Waals surface area contributed by atoms with Gasteiger partial charge in [0, 0.05) is 12.7 Å². The smallest absolute Gasteiger partial charge is 0.354 e. The van der Waals surface area contributed by atoms with Gasteiger partial charge >= 0.3 is 5.97 Å². The first-order valence-corrected chi connectivity index (χ1v) is 6.27. The molecule has 0 atom stereocenters. The summed E-state index contributed by atoms with van der Waals surface area (Å²) >= 11 is 5.71. The molecule has 21 heavy (non-hydrogen) atoms. The monoisotopic (exact) mass is 308 g/mol. The number of halogens is 2. The van der Waals surface area contributed by atoms with Crippen LogP contribution in [0.1, 0.15) is 26.4 Å². The third-order valence-corrected chi connectivity index (χ3v) is 3.08. The molecular weight excluding hydrogens is 299 g/mol. The van der Waals surface area contributed by atoms with Gasteiger partial charge in [0.25, 0.3) is 5.91 Å². The minimum absolute atomic E-state index is 0.0341. The summed E-state index contributed by atoms with van der Waals surface area (Å²) in [5.41, 5.74) is 0.561. The molecule has 2 N–H and O–H groups in total. The molecule has 1 amide bonds. The largest absolute Gasteiger partial charge is 0.477 e. The number of rotatable bonds is 4. The lowest BCUT2D eigenvalue weighted by atomic mass is 10.2. The summed E-state index contributed by atoms with van der Waals surface area (Å²) in [6, 6.07) is 6.82. The van der Waals surface area contributed by atoms with E-state index in [0.717, 1.165) is 6.07 Å². The number of carboxylic acid groups (broad SMARTS) is 1. The second kappa shape index (κ2) is 6.32. The Labute approximate surface area is 124 Å². The molecule has 0 aliphatic rings. The number of carbonyl (C=O) groups excluding carboxylic acids is 1. The maximum Gasteiger partial charge on any atom is 0.354 e. The molecule has 0 bridgehead atoms. The first-order valence-electron chi connectivity index (χ1n) is 5.89. The van der Waals surface area contributed by atoms with Gasteiger partial charge in [0.05, 0.1) is 10.6 Å². The first-order chi connectivity index (χ1) is 9.99. The number of benzene rings is 1. The number of pyridine rings is 1. The molecular formula is C14H10ClFN2O3. The van der Waals surface area contributed by atoms with Crippen LogP contribution in [0.4, 0.5) is 4.39 Å². The molecule has 2 rings (SSSR count). The van der Waals surface area contributed by atoms with Crippen LogP contribution in [0.5, 0.6) is 0 Å². The fourth-order valence-electron chi connectivity index (χ4n) is 1.61. The highest BCUT2D eigenvalue weighted by atomic mass is 35.5. The molecule has 0 aliphatic heterocycles. The average Bonchev–Trinajstić information content (AvgIpc) is 2.48. The number of carboxylic acids is 1. The van der Waals surface area contributed by atoms with E-state index in [1.165, 1.54) is 30.5 Å². The Morgan fingerprint density at radius 1 is 1.29 bits per heavy atom. The molecule has 1 heterocycles. The quantitative estimate of drug-likeness (QED) is 0.909. The van der Waals surface area contributed by atoms with E-state index in [4.69, 9.17) is 16.7 Å². The number of nitrogens with one attached hydrogen (secondary N) is 1. The number of nitrogens with zero attached hydrogens (tertiary/aromatic N) is 1. The Hall–Kier alpha value is -2.47. The Morgan fingerprint density at radius 3 is 2.67 bits per heavy atom. The molecule has 0 fully saturated rings. The van der Waals surface area contributed by atoms with Crippen LogP contribution in [0.2, 0.25) is 5.02 Å². The lowest BCUT2D eigenvalue weighted by Crippen LogP contribution is -2.23. The fraction of sp³-hybridized carbons (Fsp3) is 0.0714. The minimum Gasteiger partial charge on any atom is -0.477 e. The van der Waals surface area contributed by atoms with Crippen molar-refractivity contribution in [3.63, 3.8) is 0 Å². The summed E-state index contributed by atoms with van der Waals surface area (Å²) in [7, 11) is 0. The lowest BCUT2D eigenvalue weighted by molar-refractivity contribution is 0.0690. The number of hydrogen-bond donors (Lipinski definition) is 2. The van der Waals surface area contributed by atoms with Crippen molar-refractivity contribution < 1.29 is 19.1 Å². The van der Waals surface area contributed by atoms with Crippen molar-refractivity contribution in [2.45, 2.75) is 6.54 Å². The molecule has 1 aromatic carbocycles. The van der Waals surface area contributed by atoms with Crippen LogP contribution in [-0.4, -0.2) is 22.0 Å². The summed E-state index contributed by atoms with van der Waals surface area (Å²) in [5.74, 6) is -2.32. The number of aromatic carboxylic acids is 1. The topological polar surface area (TPSA) is 79.3 Å². The molecule has 0 aliphatic carbocycles. The standard InChI is InChI=1S/C14H10ClFN2O3/c15-12-9(2-1-3-10(12)16)13(19)18-7-8-4-5-11(14(20)21)17-6-8/h1-6H,7H2,(H,18,19)(H,20,21). The van der Waals surface area contributed by atoms with Gasteiger partial charge < -0.3 is 10.4 Å². The van der Waals surface area contributed by atoms with Crippen LogP contribution in [0, 0.1) is 5.82 Å². The van der Waals surface area contributed by atoms with Gasteiger partial charge in [0.15, 0.2) is 0 Å². The first kappa shape index (κ1) is 14.9. The van der Waals surface area contributed by atoms with Crippen molar-refractivity contribution in [3.05, 3.63) is 64.2 Å². The van der Waals surface area contributed by atoms with Crippen molar-refractivity contribution in [2.75, 3.05) is 0 Å². The third-order valence-electron chi connectivity index (χ3n) is 2.69. The van der Waals surface area contributed by atoms with Crippen molar-refractivity contribution >= 4 is 23.5 Å². The Morgan fingerprint density at radius 2 is 2.05 bits per heavy atom. The summed E-state index contributed by atoms with van der Waals surface area (Å²) in [6.07, 6.45) is 1.34. The third kappa shape index (κ3) is 3.55. The average molecular weight is 309 g/mol. The highest BCUT2D eigenvalue weighted by Gasteiger charge is 2.13. The Kier molecular flexibility index (Phi) is 4.49. The van der Waals surface area contributed by atoms with E-state index in [2.05, 4.69) is 10.3 Å². The van der Waals surface area contributed by atoms with Crippen LogP contribution in [0.25, 0.3) is 0 Å². The molecule has 2 aromatic rings.